The number of benzene rings is 2. The van der Waals surface area contributed by atoms with Crippen LogP contribution in [0.4, 0.5) is 4.79 Å². The monoisotopic (exact) mass is 377 g/mol. The molecule has 0 N–H and O–H groups in total. The van der Waals surface area contributed by atoms with Crippen molar-refractivity contribution in [2.24, 2.45) is 0 Å². The quantitative estimate of drug-likeness (QED) is 0.576. The molecule has 2 aromatic carbocycles. The van der Waals surface area contributed by atoms with Crippen molar-refractivity contribution in [3.8, 4) is 0 Å². The predicted molar refractivity (Wildman–Crippen MR) is 115 cm³/mol. The van der Waals surface area contributed by atoms with Gasteiger partial charge in [-0.1, -0.05) is 67.9 Å². The van der Waals surface area contributed by atoms with Crippen LogP contribution in [0, 0.1) is 0 Å². The van der Waals surface area contributed by atoms with Crippen LogP contribution in [0.2, 0.25) is 0 Å². The topological polar surface area (TPSA) is 29.5 Å². The molecule has 0 bridgehead atoms. The minimum atomic E-state index is -0.527. The van der Waals surface area contributed by atoms with Crippen LogP contribution in [0.25, 0.3) is 6.08 Å². The van der Waals surface area contributed by atoms with Crippen LogP contribution in [0.5, 0.6) is 0 Å². The van der Waals surface area contributed by atoms with Crippen molar-refractivity contribution in [1.29, 1.82) is 0 Å². The SMILES string of the molecule is CCCCC1=Cc2ccccc2C(Cc2ccccc2)N1C(=O)OC(C)(C)C. The zero-order valence-corrected chi connectivity index (χ0v) is 17.4. The molecule has 1 aliphatic heterocycles. The molecule has 1 unspecified atom stereocenters. The summed E-state index contributed by atoms with van der Waals surface area (Å²) in [5.41, 5.74) is 4.12. The molecule has 0 radical (unpaired) electrons. The molecule has 2 aromatic rings. The summed E-state index contributed by atoms with van der Waals surface area (Å²) in [5.74, 6) is 0. The van der Waals surface area contributed by atoms with Gasteiger partial charge < -0.3 is 4.74 Å². The van der Waals surface area contributed by atoms with E-state index < -0.39 is 5.60 Å². The first kappa shape index (κ1) is 20.2. The lowest BCUT2D eigenvalue weighted by Crippen LogP contribution is -2.41. The maximum Gasteiger partial charge on any atom is 0.415 e. The first-order chi connectivity index (χ1) is 13.4. The van der Waals surface area contributed by atoms with Crippen LogP contribution in [-0.2, 0) is 11.2 Å². The van der Waals surface area contributed by atoms with Gasteiger partial charge in [0.25, 0.3) is 0 Å². The Morgan fingerprint density at radius 1 is 1.04 bits per heavy atom. The average molecular weight is 378 g/mol. The number of carbonyl (C=O) groups excluding carboxylic acids is 1. The number of carbonyl (C=O) groups is 1. The van der Waals surface area contributed by atoms with Crippen molar-refractivity contribution >= 4 is 12.2 Å². The summed E-state index contributed by atoms with van der Waals surface area (Å²) < 4.78 is 5.82. The van der Waals surface area contributed by atoms with Gasteiger partial charge in [-0.2, -0.15) is 0 Å². The van der Waals surface area contributed by atoms with Gasteiger partial charge in [-0.25, -0.2) is 4.79 Å². The third kappa shape index (κ3) is 4.83. The molecule has 3 heteroatoms. The smallest absolute Gasteiger partial charge is 0.415 e. The zero-order valence-electron chi connectivity index (χ0n) is 17.4. The van der Waals surface area contributed by atoms with E-state index in [1.54, 1.807) is 0 Å². The first-order valence-corrected chi connectivity index (χ1v) is 10.2. The van der Waals surface area contributed by atoms with E-state index in [4.69, 9.17) is 4.74 Å². The van der Waals surface area contributed by atoms with Gasteiger partial charge in [-0.3, -0.25) is 4.90 Å². The van der Waals surface area contributed by atoms with Crippen LogP contribution < -0.4 is 0 Å². The normalized spacial score (nSPS) is 16.4. The van der Waals surface area contributed by atoms with Crippen LogP contribution >= 0.6 is 0 Å². The molecule has 0 aliphatic carbocycles. The Morgan fingerprint density at radius 3 is 2.39 bits per heavy atom. The fourth-order valence-corrected chi connectivity index (χ4v) is 3.68. The van der Waals surface area contributed by atoms with Crippen LogP contribution in [0.3, 0.4) is 0 Å². The van der Waals surface area contributed by atoms with E-state index in [1.807, 2.05) is 31.7 Å². The molecule has 0 saturated heterocycles. The van der Waals surface area contributed by atoms with E-state index in [-0.39, 0.29) is 12.1 Å². The summed E-state index contributed by atoms with van der Waals surface area (Å²) in [4.78, 5) is 15.2. The number of hydrogen-bond donors (Lipinski definition) is 0. The molecule has 1 aliphatic rings. The molecule has 3 rings (SSSR count). The molecular weight excluding hydrogens is 346 g/mol. The van der Waals surface area contributed by atoms with Crippen LogP contribution in [0.1, 0.15) is 69.7 Å². The highest BCUT2D eigenvalue weighted by Crippen LogP contribution is 2.39. The maximum absolute atomic E-state index is 13.3. The number of ether oxygens (including phenoxy) is 1. The summed E-state index contributed by atoms with van der Waals surface area (Å²) in [7, 11) is 0. The molecule has 28 heavy (non-hydrogen) atoms. The summed E-state index contributed by atoms with van der Waals surface area (Å²) in [5, 5.41) is 0. The Balaban J connectivity index is 2.04. The number of nitrogens with zero attached hydrogens (tertiary/aromatic N) is 1. The largest absolute Gasteiger partial charge is 0.443 e. The highest BCUT2D eigenvalue weighted by atomic mass is 16.6. The van der Waals surface area contributed by atoms with Gasteiger partial charge in [0.05, 0.1) is 6.04 Å². The third-order valence-corrected chi connectivity index (χ3v) is 4.95. The van der Waals surface area contributed by atoms with E-state index in [2.05, 4.69) is 61.5 Å². The molecule has 148 valence electrons. The van der Waals surface area contributed by atoms with E-state index in [9.17, 15) is 4.79 Å². The number of hydrogen-bond acceptors (Lipinski definition) is 2. The second-order valence-corrected chi connectivity index (χ2v) is 8.42. The summed E-state index contributed by atoms with van der Waals surface area (Å²) in [6.07, 6.45) is 5.67. The second kappa shape index (κ2) is 8.64. The summed E-state index contributed by atoms with van der Waals surface area (Å²) in [6, 6.07) is 18.7. The van der Waals surface area contributed by atoms with Crippen molar-refractivity contribution < 1.29 is 9.53 Å². The molecule has 0 aromatic heterocycles. The Morgan fingerprint density at radius 2 is 1.71 bits per heavy atom. The number of amides is 1. The predicted octanol–water partition coefficient (Wildman–Crippen LogP) is 6.75. The lowest BCUT2D eigenvalue weighted by Gasteiger charge is -2.39. The van der Waals surface area contributed by atoms with Gasteiger partial charge >= 0.3 is 6.09 Å². The zero-order chi connectivity index (χ0) is 20.1. The van der Waals surface area contributed by atoms with Gasteiger partial charge in [0.1, 0.15) is 5.60 Å². The molecule has 1 heterocycles. The Labute approximate surface area is 169 Å². The minimum absolute atomic E-state index is 0.0645. The Hall–Kier alpha value is -2.55. The number of rotatable bonds is 5. The second-order valence-electron chi connectivity index (χ2n) is 8.42. The third-order valence-electron chi connectivity index (χ3n) is 4.95. The molecule has 3 nitrogen and oxygen atoms in total. The molecule has 1 atom stereocenters. The molecular formula is C25H31NO2. The highest BCUT2D eigenvalue weighted by molar-refractivity contribution is 5.76. The number of fused-ring (bicyclic) bond motifs is 1. The molecule has 1 amide bonds. The molecule has 0 spiro atoms. The summed E-state index contributed by atoms with van der Waals surface area (Å²) in [6.45, 7) is 7.94. The van der Waals surface area contributed by atoms with Crippen LogP contribution in [0.15, 0.2) is 60.3 Å². The van der Waals surface area contributed by atoms with E-state index in [0.717, 1.165) is 31.4 Å². The van der Waals surface area contributed by atoms with E-state index in [1.165, 1.54) is 16.7 Å². The Bertz CT molecular complexity index is 833. The van der Waals surface area contributed by atoms with Gasteiger partial charge in [0, 0.05) is 5.70 Å². The van der Waals surface area contributed by atoms with Crippen molar-refractivity contribution in [1.82, 2.24) is 4.90 Å². The highest BCUT2D eigenvalue weighted by Gasteiger charge is 2.35. The Kier molecular flexibility index (Phi) is 6.23. The van der Waals surface area contributed by atoms with E-state index >= 15 is 0 Å². The maximum atomic E-state index is 13.3. The lowest BCUT2D eigenvalue weighted by molar-refractivity contribution is 0.0228. The average Bonchev–Trinajstić information content (AvgIpc) is 2.65. The minimum Gasteiger partial charge on any atom is -0.443 e. The van der Waals surface area contributed by atoms with Gasteiger partial charge in [0.15, 0.2) is 0 Å². The van der Waals surface area contributed by atoms with Crippen molar-refractivity contribution in [2.45, 2.75) is 65.0 Å². The standard InChI is InChI=1S/C25H31NO2/c1-5-6-15-21-18-20-14-10-11-16-22(20)23(17-19-12-8-7-9-13-19)26(21)24(27)28-25(2,3)4/h7-14,16,18,23H,5-6,15,17H2,1-4H3. The molecule has 0 saturated carbocycles. The van der Waals surface area contributed by atoms with E-state index in [0.29, 0.717) is 0 Å². The number of allylic oxidation sites excluding steroid dienone is 1. The summed E-state index contributed by atoms with van der Waals surface area (Å²) >= 11 is 0. The fourth-order valence-electron chi connectivity index (χ4n) is 3.68. The van der Waals surface area contributed by atoms with Gasteiger partial charge in [0.2, 0.25) is 0 Å². The van der Waals surface area contributed by atoms with Crippen molar-refractivity contribution in [3.05, 3.63) is 77.0 Å². The fraction of sp³-hybridized carbons (Fsp3) is 0.400. The van der Waals surface area contributed by atoms with Crippen molar-refractivity contribution in [3.63, 3.8) is 0 Å². The number of unbranched alkanes of at least 4 members (excludes halogenated alkanes) is 1. The lowest BCUT2D eigenvalue weighted by atomic mass is 9.89. The van der Waals surface area contributed by atoms with Crippen LogP contribution in [-0.4, -0.2) is 16.6 Å². The van der Waals surface area contributed by atoms with Gasteiger partial charge in [-0.05, 0) is 62.8 Å². The first-order valence-electron chi connectivity index (χ1n) is 10.2. The molecule has 0 fully saturated rings. The van der Waals surface area contributed by atoms with Gasteiger partial charge in [-0.15, -0.1) is 0 Å². The van der Waals surface area contributed by atoms with Crippen molar-refractivity contribution in [2.75, 3.05) is 0 Å².